The van der Waals surface area contributed by atoms with Crippen molar-refractivity contribution in [3.8, 4) is 6.07 Å². The Balaban J connectivity index is 1.98. The molecule has 0 spiro atoms. The zero-order chi connectivity index (χ0) is 14.4. The van der Waals surface area contributed by atoms with Gasteiger partial charge in [-0.1, -0.05) is 6.92 Å². The van der Waals surface area contributed by atoms with Gasteiger partial charge in [-0.3, -0.25) is 0 Å². The molecule has 2 rings (SSSR count). The topological polar surface area (TPSA) is 95.1 Å². The summed E-state index contributed by atoms with van der Waals surface area (Å²) in [5.41, 5.74) is 0. The third-order valence-electron chi connectivity index (χ3n) is 2.94. The van der Waals surface area contributed by atoms with Gasteiger partial charge in [0.05, 0.1) is 37.4 Å². The maximum atomic E-state index is 8.58. The highest BCUT2D eigenvalue weighted by molar-refractivity contribution is 7.45. The molecule has 0 bridgehead atoms. The van der Waals surface area contributed by atoms with Crippen LogP contribution in [0.1, 0.15) is 33.1 Å². The average Bonchev–Trinajstić information content (AvgIpc) is 3.07. The Kier molecular flexibility index (Phi) is 5.80. The van der Waals surface area contributed by atoms with E-state index in [9.17, 15) is 0 Å². The van der Waals surface area contributed by atoms with Crippen molar-refractivity contribution in [2.24, 2.45) is 0 Å². The number of ether oxygens (including phenoxy) is 1. The van der Waals surface area contributed by atoms with Crippen LogP contribution in [-0.2, 0) is 13.8 Å². The van der Waals surface area contributed by atoms with E-state index in [4.69, 9.17) is 19.0 Å². The summed E-state index contributed by atoms with van der Waals surface area (Å²) in [6, 6.07) is 2.03. The first kappa shape index (κ1) is 15.3. The summed E-state index contributed by atoms with van der Waals surface area (Å²) in [6.45, 7) is 4.39. The molecule has 1 aromatic heterocycles. The molecular formula is C11H18N5O3P. The highest BCUT2D eigenvalue weighted by Gasteiger charge is 2.35. The third-order valence-corrected chi connectivity index (χ3v) is 4.31. The maximum Gasteiger partial charge on any atom is 0.314 e. The van der Waals surface area contributed by atoms with Crippen molar-refractivity contribution in [1.29, 1.82) is 5.26 Å². The number of tetrazole rings is 1. The second-order valence-corrected chi connectivity index (χ2v) is 5.84. The summed E-state index contributed by atoms with van der Waals surface area (Å²) in [6.07, 6.45) is 3.66. The van der Waals surface area contributed by atoms with Gasteiger partial charge in [-0.05, 0) is 23.8 Å². The molecule has 4 atom stereocenters. The molecule has 1 saturated heterocycles. The first-order valence-electron chi connectivity index (χ1n) is 6.60. The van der Waals surface area contributed by atoms with E-state index in [1.165, 1.54) is 10.8 Å². The fourth-order valence-electron chi connectivity index (χ4n) is 2.04. The number of nitriles is 1. The van der Waals surface area contributed by atoms with Gasteiger partial charge in [0.15, 0.2) is 0 Å². The van der Waals surface area contributed by atoms with Crippen molar-refractivity contribution in [3.05, 3.63) is 6.33 Å². The van der Waals surface area contributed by atoms with Gasteiger partial charge >= 0.3 is 8.53 Å². The fraction of sp³-hybridized carbons (Fsp3) is 0.818. The Morgan fingerprint density at radius 3 is 3.10 bits per heavy atom. The van der Waals surface area contributed by atoms with E-state index in [0.29, 0.717) is 13.0 Å². The number of hydrogen-bond donors (Lipinski definition) is 0. The molecule has 1 fully saturated rings. The Labute approximate surface area is 119 Å². The van der Waals surface area contributed by atoms with Crippen LogP contribution in [0, 0.1) is 11.3 Å². The van der Waals surface area contributed by atoms with E-state index >= 15 is 0 Å². The van der Waals surface area contributed by atoms with Gasteiger partial charge < -0.3 is 13.8 Å². The molecule has 110 valence electrons. The van der Waals surface area contributed by atoms with Crippen molar-refractivity contribution >= 4 is 8.53 Å². The number of aromatic nitrogens is 4. The SMILES string of the molecule is CC[C@H]1O[C@@H](C)C[C@H]1OP(OCCC#N)n1cnnn1. The lowest BCUT2D eigenvalue weighted by molar-refractivity contribution is 0.0200. The van der Waals surface area contributed by atoms with Gasteiger partial charge in [0.25, 0.3) is 0 Å². The quantitative estimate of drug-likeness (QED) is 0.558. The predicted molar refractivity (Wildman–Crippen MR) is 70.4 cm³/mol. The Bertz CT molecular complexity index is 438. The smallest absolute Gasteiger partial charge is 0.314 e. The van der Waals surface area contributed by atoms with Gasteiger partial charge in [-0.2, -0.15) is 9.71 Å². The van der Waals surface area contributed by atoms with Gasteiger partial charge in [0, 0.05) is 6.42 Å². The van der Waals surface area contributed by atoms with E-state index in [1.807, 2.05) is 13.0 Å². The number of nitrogens with zero attached hydrogens (tertiary/aromatic N) is 5. The van der Waals surface area contributed by atoms with Gasteiger partial charge in [0.1, 0.15) is 6.33 Å². The van der Waals surface area contributed by atoms with Crippen LogP contribution in [0.25, 0.3) is 0 Å². The minimum absolute atomic E-state index is 0.0348. The minimum atomic E-state index is -1.44. The Hall–Kier alpha value is -1.13. The number of rotatable bonds is 7. The van der Waals surface area contributed by atoms with E-state index in [0.717, 1.165) is 12.8 Å². The lowest BCUT2D eigenvalue weighted by Crippen LogP contribution is -2.23. The molecule has 0 aliphatic carbocycles. The van der Waals surface area contributed by atoms with E-state index in [-0.39, 0.29) is 18.3 Å². The van der Waals surface area contributed by atoms with Crippen molar-refractivity contribution < 1.29 is 13.8 Å². The first-order chi connectivity index (χ1) is 9.74. The zero-order valence-corrected chi connectivity index (χ0v) is 12.4. The summed E-state index contributed by atoms with van der Waals surface area (Å²) >= 11 is 0. The van der Waals surface area contributed by atoms with Crippen LogP contribution in [0.4, 0.5) is 0 Å². The van der Waals surface area contributed by atoms with Crippen LogP contribution in [0.2, 0.25) is 0 Å². The summed E-state index contributed by atoms with van der Waals surface area (Å²) in [4.78, 5) is 0. The van der Waals surface area contributed by atoms with Crippen LogP contribution in [0.15, 0.2) is 6.33 Å². The summed E-state index contributed by atoms with van der Waals surface area (Å²) in [5.74, 6) is 0. The van der Waals surface area contributed by atoms with E-state index < -0.39 is 8.53 Å². The fourth-order valence-corrected chi connectivity index (χ4v) is 3.25. The summed E-state index contributed by atoms with van der Waals surface area (Å²) in [7, 11) is -1.44. The Morgan fingerprint density at radius 2 is 2.45 bits per heavy atom. The lowest BCUT2D eigenvalue weighted by Gasteiger charge is -2.22. The molecule has 0 saturated carbocycles. The summed E-state index contributed by atoms with van der Waals surface area (Å²) < 4.78 is 18.9. The van der Waals surface area contributed by atoms with E-state index in [1.54, 1.807) is 0 Å². The maximum absolute atomic E-state index is 8.58. The number of hydrogen-bond acceptors (Lipinski definition) is 7. The monoisotopic (exact) mass is 299 g/mol. The molecule has 9 heteroatoms. The Morgan fingerprint density at radius 1 is 1.60 bits per heavy atom. The highest BCUT2D eigenvalue weighted by atomic mass is 31.2. The third kappa shape index (κ3) is 3.93. The molecule has 1 aromatic rings. The second-order valence-electron chi connectivity index (χ2n) is 4.48. The van der Waals surface area contributed by atoms with E-state index in [2.05, 4.69) is 22.4 Å². The molecule has 2 heterocycles. The molecule has 1 unspecified atom stereocenters. The molecular weight excluding hydrogens is 281 g/mol. The molecule has 1 aliphatic heterocycles. The first-order valence-corrected chi connectivity index (χ1v) is 7.73. The van der Waals surface area contributed by atoms with Crippen LogP contribution >= 0.6 is 8.53 Å². The summed E-state index contributed by atoms with van der Waals surface area (Å²) in [5, 5.41) is 19.6. The largest absolute Gasteiger partial charge is 0.372 e. The molecule has 20 heavy (non-hydrogen) atoms. The highest BCUT2D eigenvalue weighted by Crippen LogP contribution is 2.43. The molecule has 8 nitrogen and oxygen atoms in total. The van der Waals surface area contributed by atoms with Crippen LogP contribution < -0.4 is 0 Å². The van der Waals surface area contributed by atoms with Gasteiger partial charge in [-0.25, -0.2) is 0 Å². The minimum Gasteiger partial charge on any atom is -0.372 e. The predicted octanol–water partition coefficient (Wildman–Crippen LogP) is 1.65. The zero-order valence-electron chi connectivity index (χ0n) is 11.5. The van der Waals surface area contributed by atoms with Crippen LogP contribution in [0.5, 0.6) is 0 Å². The normalized spacial score (nSPS) is 27.4. The van der Waals surface area contributed by atoms with Gasteiger partial charge in [-0.15, -0.1) is 5.10 Å². The molecule has 0 radical (unpaired) electrons. The average molecular weight is 299 g/mol. The molecule has 0 amide bonds. The van der Waals surface area contributed by atoms with Crippen molar-refractivity contribution in [2.45, 2.75) is 51.4 Å². The van der Waals surface area contributed by atoms with Crippen molar-refractivity contribution in [1.82, 2.24) is 20.0 Å². The standard InChI is InChI=1S/C11H18N5O3P/c1-3-10-11(7-9(2)18-10)19-20(17-6-4-5-12)16-8-13-14-15-16/h8-11H,3-4,6-7H2,1-2H3/t9-,10+,11+,20?/m0/s1. The second kappa shape index (κ2) is 7.60. The van der Waals surface area contributed by atoms with Gasteiger partial charge in [0.2, 0.25) is 0 Å². The molecule has 0 N–H and O–H groups in total. The lowest BCUT2D eigenvalue weighted by atomic mass is 10.1. The van der Waals surface area contributed by atoms with Crippen LogP contribution in [0.3, 0.4) is 0 Å². The molecule has 1 aliphatic rings. The van der Waals surface area contributed by atoms with Crippen molar-refractivity contribution in [3.63, 3.8) is 0 Å². The van der Waals surface area contributed by atoms with Crippen LogP contribution in [-0.4, -0.2) is 44.9 Å². The van der Waals surface area contributed by atoms with Crippen molar-refractivity contribution in [2.75, 3.05) is 6.61 Å². The molecule has 0 aromatic carbocycles.